The van der Waals surface area contributed by atoms with Crippen LogP contribution >= 0.6 is 0 Å². The molecule has 0 saturated heterocycles. The molecular weight excluding hydrogens is 264 g/mol. The van der Waals surface area contributed by atoms with E-state index in [0.29, 0.717) is 12.3 Å². The van der Waals surface area contributed by atoms with Crippen LogP contribution in [0.25, 0.3) is 11.4 Å². The van der Waals surface area contributed by atoms with Crippen LogP contribution in [0.5, 0.6) is 0 Å². The molecule has 1 aromatic heterocycles. The van der Waals surface area contributed by atoms with Crippen LogP contribution in [0.2, 0.25) is 0 Å². The van der Waals surface area contributed by atoms with Crippen molar-refractivity contribution in [1.82, 2.24) is 15.5 Å². The van der Waals surface area contributed by atoms with Crippen molar-refractivity contribution in [3.8, 4) is 11.4 Å². The fourth-order valence-electron chi connectivity index (χ4n) is 2.05. The molecular formula is C14H17F2N3O. The van der Waals surface area contributed by atoms with Gasteiger partial charge in [-0.05, 0) is 25.6 Å². The maximum absolute atomic E-state index is 13.1. The third-order valence-corrected chi connectivity index (χ3v) is 3.06. The Morgan fingerprint density at radius 2 is 1.95 bits per heavy atom. The second-order valence-electron chi connectivity index (χ2n) is 4.65. The average molecular weight is 281 g/mol. The minimum absolute atomic E-state index is 0.199. The molecule has 108 valence electrons. The van der Waals surface area contributed by atoms with Gasteiger partial charge in [0.1, 0.15) is 11.6 Å². The zero-order chi connectivity index (χ0) is 14.5. The maximum atomic E-state index is 13.1. The van der Waals surface area contributed by atoms with E-state index in [-0.39, 0.29) is 17.4 Å². The number of benzene rings is 1. The Hall–Kier alpha value is -1.82. The summed E-state index contributed by atoms with van der Waals surface area (Å²) >= 11 is 0. The summed E-state index contributed by atoms with van der Waals surface area (Å²) in [6.07, 6.45) is 2.62. The largest absolute Gasteiger partial charge is 0.339 e. The van der Waals surface area contributed by atoms with Crippen molar-refractivity contribution in [2.45, 2.75) is 32.2 Å². The standard InChI is InChI=1S/C14H17F2N3O/c1-3-4-12(17-2)8-13-18-14(19-20-13)9-5-10(15)7-11(16)6-9/h5-7,12,17H,3-4,8H2,1-2H3. The number of hydrogen-bond donors (Lipinski definition) is 1. The highest BCUT2D eigenvalue weighted by atomic mass is 19.1. The third kappa shape index (κ3) is 3.60. The van der Waals surface area contributed by atoms with E-state index >= 15 is 0 Å². The van der Waals surface area contributed by atoms with Crippen LogP contribution in [-0.4, -0.2) is 23.2 Å². The van der Waals surface area contributed by atoms with Gasteiger partial charge in [0, 0.05) is 24.1 Å². The smallest absolute Gasteiger partial charge is 0.228 e. The number of nitrogens with zero attached hydrogens (tertiary/aromatic N) is 2. The number of halogens is 2. The van der Waals surface area contributed by atoms with Crippen molar-refractivity contribution < 1.29 is 13.3 Å². The molecule has 4 nitrogen and oxygen atoms in total. The Kier molecular flexibility index (Phi) is 4.79. The number of nitrogens with one attached hydrogen (secondary N) is 1. The first-order valence-corrected chi connectivity index (χ1v) is 6.58. The van der Waals surface area contributed by atoms with E-state index < -0.39 is 11.6 Å². The van der Waals surface area contributed by atoms with Gasteiger partial charge in [-0.25, -0.2) is 8.78 Å². The zero-order valence-corrected chi connectivity index (χ0v) is 11.5. The van der Waals surface area contributed by atoms with Gasteiger partial charge in [-0.1, -0.05) is 18.5 Å². The van der Waals surface area contributed by atoms with E-state index in [1.165, 1.54) is 12.1 Å². The lowest BCUT2D eigenvalue weighted by molar-refractivity contribution is 0.356. The summed E-state index contributed by atoms with van der Waals surface area (Å²) in [5.74, 6) is -0.668. The molecule has 0 fully saturated rings. The average Bonchev–Trinajstić information content (AvgIpc) is 2.85. The molecule has 1 heterocycles. The SMILES string of the molecule is CCCC(Cc1nc(-c2cc(F)cc(F)c2)no1)NC. The van der Waals surface area contributed by atoms with Crippen molar-refractivity contribution in [3.63, 3.8) is 0 Å². The molecule has 0 aliphatic carbocycles. The molecule has 6 heteroatoms. The molecule has 1 atom stereocenters. The van der Waals surface area contributed by atoms with Crippen molar-refractivity contribution >= 4 is 0 Å². The van der Waals surface area contributed by atoms with Crippen LogP contribution in [0.3, 0.4) is 0 Å². The summed E-state index contributed by atoms with van der Waals surface area (Å²) in [7, 11) is 1.87. The molecule has 1 unspecified atom stereocenters. The Balaban J connectivity index is 2.15. The monoisotopic (exact) mass is 281 g/mol. The van der Waals surface area contributed by atoms with Gasteiger partial charge in [0.15, 0.2) is 0 Å². The van der Waals surface area contributed by atoms with E-state index in [9.17, 15) is 8.78 Å². The number of aromatic nitrogens is 2. The zero-order valence-electron chi connectivity index (χ0n) is 11.5. The van der Waals surface area contributed by atoms with E-state index in [1.54, 1.807) is 0 Å². The molecule has 0 radical (unpaired) electrons. The van der Waals surface area contributed by atoms with Gasteiger partial charge in [0.25, 0.3) is 0 Å². The van der Waals surface area contributed by atoms with Crippen LogP contribution in [0, 0.1) is 11.6 Å². The Morgan fingerprint density at radius 1 is 1.25 bits per heavy atom. The summed E-state index contributed by atoms with van der Waals surface area (Å²) in [5, 5.41) is 6.94. The fourth-order valence-corrected chi connectivity index (χ4v) is 2.05. The van der Waals surface area contributed by atoms with Gasteiger partial charge in [-0.3, -0.25) is 0 Å². The molecule has 20 heavy (non-hydrogen) atoms. The molecule has 1 aromatic carbocycles. The molecule has 0 aliphatic heterocycles. The van der Waals surface area contributed by atoms with Gasteiger partial charge in [0.05, 0.1) is 0 Å². The molecule has 0 spiro atoms. The highest BCUT2D eigenvalue weighted by Crippen LogP contribution is 2.19. The fraction of sp³-hybridized carbons (Fsp3) is 0.429. The summed E-state index contributed by atoms with van der Waals surface area (Å²) in [4.78, 5) is 4.18. The molecule has 1 N–H and O–H groups in total. The lowest BCUT2D eigenvalue weighted by Gasteiger charge is -2.11. The van der Waals surface area contributed by atoms with Gasteiger partial charge >= 0.3 is 0 Å². The van der Waals surface area contributed by atoms with Crippen LogP contribution in [0.15, 0.2) is 22.7 Å². The first-order chi connectivity index (χ1) is 9.62. The van der Waals surface area contributed by atoms with Crippen molar-refractivity contribution in [2.24, 2.45) is 0 Å². The molecule has 2 aromatic rings. The lowest BCUT2D eigenvalue weighted by Crippen LogP contribution is -2.27. The van der Waals surface area contributed by atoms with E-state index in [2.05, 4.69) is 22.4 Å². The van der Waals surface area contributed by atoms with E-state index in [0.717, 1.165) is 18.9 Å². The van der Waals surface area contributed by atoms with Gasteiger partial charge in [-0.2, -0.15) is 4.98 Å². The van der Waals surface area contributed by atoms with Crippen molar-refractivity contribution in [2.75, 3.05) is 7.05 Å². The van der Waals surface area contributed by atoms with Crippen LogP contribution in [0.1, 0.15) is 25.7 Å². The summed E-state index contributed by atoms with van der Waals surface area (Å²) in [6, 6.07) is 3.42. The number of likely N-dealkylation sites (N-methyl/N-ethyl adjacent to an activating group) is 1. The van der Waals surface area contributed by atoms with Crippen LogP contribution < -0.4 is 5.32 Å². The van der Waals surface area contributed by atoms with Crippen molar-refractivity contribution in [3.05, 3.63) is 35.7 Å². The summed E-state index contributed by atoms with van der Waals surface area (Å²) in [5.41, 5.74) is 0.272. The highest BCUT2D eigenvalue weighted by Gasteiger charge is 2.14. The van der Waals surface area contributed by atoms with Crippen LogP contribution in [-0.2, 0) is 6.42 Å². The maximum Gasteiger partial charge on any atom is 0.228 e. The Bertz CT molecular complexity index is 551. The first kappa shape index (κ1) is 14.6. The molecule has 0 aliphatic rings. The van der Waals surface area contributed by atoms with Crippen molar-refractivity contribution in [1.29, 1.82) is 0 Å². The third-order valence-electron chi connectivity index (χ3n) is 3.06. The quantitative estimate of drug-likeness (QED) is 0.884. The molecule has 0 amide bonds. The Morgan fingerprint density at radius 3 is 2.55 bits per heavy atom. The molecule has 0 saturated carbocycles. The van der Waals surface area contributed by atoms with Crippen LogP contribution in [0.4, 0.5) is 8.78 Å². The first-order valence-electron chi connectivity index (χ1n) is 6.58. The summed E-state index contributed by atoms with van der Waals surface area (Å²) in [6.45, 7) is 2.10. The number of hydrogen-bond acceptors (Lipinski definition) is 4. The molecule has 2 rings (SSSR count). The Labute approximate surface area is 116 Å². The van der Waals surface area contributed by atoms with Gasteiger partial charge < -0.3 is 9.84 Å². The molecule has 0 bridgehead atoms. The highest BCUT2D eigenvalue weighted by molar-refractivity contribution is 5.54. The summed E-state index contributed by atoms with van der Waals surface area (Å²) < 4.78 is 31.4. The van der Waals surface area contributed by atoms with E-state index in [1.807, 2.05) is 7.05 Å². The van der Waals surface area contributed by atoms with Gasteiger partial charge in [-0.15, -0.1) is 0 Å². The normalized spacial score (nSPS) is 12.6. The van der Waals surface area contributed by atoms with Gasteiger partial charge in [0.2, 0.25) is 11.7 Å². The minimum Gasteiger partial charge on any atom is -0.339 e. The minimum atomic E-state index is -0.662. The topological polar surface area (TPSA) is 51.0 Å². The number of rotatable bonds is 6. The van der Waals surface area contributed by atoms with E-state index in [4.69, 9.17) is 4.52 Å². The lowest BCUT2D eigenvalue weighted by atomic mass is 10.1. The second-order valence-corrected chi connectivity index (χ2v) is 4.65. The predicted octanol–water partition coefficient (Wildman–Crippen LogP) is 2.95. The predicted molar refractivity (Wildman–Crippen MR) is 71.1 cm³/mol. The second kappa shape index (κ2) is 6.56.